The van der Waals surface area contributed by atoms with Gasteiger partial charge in [0.05, 0.1) is 29.2 Å². The van der Waals surface area contributed by atoms with Crippen LogP contribution in [0.25, 0.3) is 0 Å². The zero-order valence-electron chi connectivity index (χ0n) is 26.6. The third kappa shape index (κ3) is 5.80. The molecule has 2 aromatic carbocycles. The molecule has 3 aliphatic heterocycles. The van der Waals surface area contributed by atoms with E-state index in [9.17, 15) is 14.7 Å². The molecule has 3 unspecified atom stereocenters. The Morgan fingerprint density at radius 1 is 1.11 bits per heavy atom. The van der Waals surface area contributed by atoms with Crippen molar-refractivity contribution in [2.75, 3.05) is 24.6 Å². The number of aliphatic hydroxyl groups is 1. The van der Waals surface area contributed by atoms with Crippen LogP contribution in [0.3, 0.4) is 0 Å². The van der Waals surface area contributed by atoms with E-state index in [4.69, 9.17) is 0 Å². The number of aryl methyl sites for hydroxylation is 2. The fraction of sp³-hybridized carbons (Fsp3) is 0.472. The number of hydrogen-bond acceptors (Lipinski definition) is 5. The molecule has 1 N–H and O–H groups in total. The molecule has 3 amide bonds. The highest BCUT2D eigenvalue weighted by atomic mass is 79.9. The summed E-state index contributed by atoms with van der Waals surface area (Å²) in [6.45, 7) is 16.5. The topological polar surface area (TPSA) is 81.2 Å². The van der Waals surface area contributed by atoms with Gasteiger partial charge in [0.1, 0.15) is 6.04 Å². The van der Waals surface area contributed by atoms with Gasteiger partial charge in [0.25, 0.3) is 5.91 Å². The largest absolute Gasteiger partial charge is 0.394 e. The Kier molecular flexibility index (Phi) is 10.0. The van der Waals surface area contributed by atoms with Crippen LogP contribution < -0.4 is 4.90 Å². The molecule has 7 atom stereocenters. The Labute approximate surface area is 279 Å². The lowest BCUT2D eigenvalue weighted by Gasteiger charge is -2.41. The van der Waals surface area contributed by atoms with E-state index in [0.717, 1.165) is 22.4 Å². The summed E-state index contributed by atoms with van der Waals surface area (Å²) in [6.07, 6.45) is 3.99. The first-order valence-corrected chi connectivity index (χ1v) is 17.5. The molecule has 2 bridgehead atoms. The van der Waals surface area contributed by atoms with Crippen LogP contribution in [-0.4, -0.2) is 79.2 Å². The van der Waals surface area contributed by atoms with Crippen molar-refractivity contribution in [3.8, 4) is 0 Å². The minimum absolute atomic E-state index is 0.0572. The highest BCUT2D eigenvalue weighted by Crippen LogP contribution is 2.68. The monoisotopic (exact) mass is 693 g/mol. The van der Waals surface area contributed by atoms with E-state index >= 15 is 4.79 Å². The Morgan fingerprint density at radius 3 is 2.42 bits per heavy atom. The molecule has 240 valence electrons. The number of alkyl halides is 1. The number of benzene rings is 2. The van der Waals surface area contributed by atoms with E-state index in [1.54, 1.807) is 38.6 Å². The number of nitrogens with zero attached hydrogens (tertiary/aromatic N) is 3. The lowest BCUT2D eigenvalue weighted by molar-refractivity contribution is -0.146. The van der Waals surface area contributed by atoms with Crippen LogP contribution in [0.1, 0.15) is 37.0 Å². The Balaban J connectivity index is 1.62. The van der Waals surface area contributed by atoms with E-state index in [0.29, 0.717) is 19.5 Å². The number of fused-ring (bicyclic) bond motifs is 1. The summed E-state index contributed by atoms with van der Waals surface area (Å²) in [5.41, 5.74) is 3.73. The molecule has 0 aliphatic carbocycles. The van der Waals surface area contributed by atoms with E-state index in [-0.39, 0.29) is 46.9 Å². The molecule has 3 fully saturated rings. The zero-order valence-corrected chi connectivity index (χ0v) is 29.0. The van der Waals surface area contributed by atoms with Crippen molar-refractivity contribution in [3.63, 3.8) is 0 Å². The molecular weight excluding hydrogens is 650 g/mol. The van der Waals surface area contributed by atoms with Crippen LogP contribution in [0.15, 0.2) is 73.8 Å². The predicted molar refractivity (Wildman–Crippen MR) is 185 cm³/mol. The Morgan fingerprint density at radius 2 is 1.80 bits per heavy atom. The van der Waals surface area contributed by atoms with Gasteiger partial charge in [-0.2, -0.15) is 0 Å². The van der Waals surface area contributed by atoms with Crippen molar-refractivity contribution < 1.29 is 19.5 Å². The molecule has 3 aliphatic rings. The summed E-state index contributed by atoms with van der Waals surface area (Å²) in [7, 11) is 0. The van der Waals surface area contributed by atoms with Gasteiger partial charge in [-0.25, -0.2) is 0 Å². The van der Waals surface area contributed by atoms with Gasteiger partial charge in [0, 0.05) is 35.4 Å². The first-order valence-electron chi connectivity index (χ1n) is 15.7. The maximum Gasteiger partial charge on any atom is 0.251 e. The third-order valence-corrected chi connectivity index (χ3v) is 12.9. The number of anilines is 1. The number of thioether (sulfide) groups is 1. The van der Waals surface area contributed by atoms with Gasteiger partial charge in [0.2, 0.25) is 11.8 Å². The van der Waals surface area contributed by atoms with Crippen molar-refractivity contribution >= 4 is 51.1 Å². The number of rotatable bonds is 12. The summed E-state index contributed by atoms with van der Waals surface area (Å²) in [5.74, 6) is -1.94. The molecule has 1 spiro atoms. The Bertz CT molecular complexity index is 1470. The van der Waals surface area contributed by atoms with E-state index in [1.807, 2.05) is 76.2 Å². The molecular formula is C36H44BrN3O4S. The normalized spacial score (nSPS) is 27.4. The lowest BCUT2D eigenvalue weighted by Crippen LogP contribution is -2.59. The SMILES string of the molecule is C=CCN(Cc1ccccc1)C(=O)[C@H]1[C@H]2C(=O)N([C@@H](CO)C(C)C)C(C(=O)N(CC=C)c3cc(C)ccc3C)C23CC(Br)[C@@H]1S3. The maximum atomic E-state index is 15.0. The second-order valence-corrected chi connectivity index (χ2v) is 15.6. The standard InChI is InChI=1S/C36H44BrN3O4S/c1-7-16-38(20-25-12-10-9-11-13-25)33(42)29-30-34(43)40(28(21-41)22(3)4)32(36(30)19-26(37)31(29)45-36)35(44)39(17-8-2)27-18-23(5)14-15-24(27)6/h7-15,18,22,26,28-32,41H,1-2,16-17,19-21H2,3-6H3/t26?,28-,29-,30-,31-,32?,36?/m0/s1. The minimum Gasteiger partial charge on any atom is -0.394 e. The van der Waals surface area contributed by atoms with E-state index in [1.165, 1.54) is 0 Å². The number of halogens is 1. The van der Waals surface area contributed by atoms with E-state index in [2.05, 4.69) is 29.1 Å². The van der Waals surface area contributed by atoms with Gasteiger partial charge in [-0.05, 0) is 48.9 Å². The fourth-order valence-corrected chi connectivity index (χ4v) is 11.2. The number of carbonyl (C=O) groups is 3. The van der Waals surface area contributed by atoms with Crippen LogP contribution in [0.4, 0.5) is 5.69 Å². The van der Waals surface area contributed by atoms with Crippen molar-refractivity contribution in [1.29, 1.82) is 0 Å². The molecule has 0 saturated carbocycles. The molecule has 2 aromatic rings. The summed E-state index contributed by atoms with van der Waals surface area (Å²) < 4.78 is -0.834. The van der Waals surface area contributed by atoms with Gasteiger partial charge in [0.15, 0.2) is 0 Å². The van der Waals surface area contributed by atoms with Crippen molar-refractivity contribution in [2.24, 2.45) is 17.8 Å². The van der Waals surface area contributed by atoms with Crippen molar-refractivity contribution in [2.45, 2.75) is 67.6 Å². The lowest BCUT2D eigenvalue weighted by atomic mass is 9.70. The minimum atomic E-state index is -0.857. The summed E-state index contributed by atoms with van der Waals surface area (Å²) in [4.78, 5) is 49.5. The number of aliphatic hydroxyl groups excluding tert-OH is 1. The first kappa shape index (κ1) is 33.5. The summed E-state index contributed by atoms with van der Waals surface area (Å²) >= 11 is 5.51. The van der Waals surface area contributed by atoms with Crippen LogP contribution in [0.5, 0.6) is 0 Å². The smallest absolute Gasteiger partial charge is 0.251 e. The molecule has 0 aromatic heterocycles. The van der Waals surface area contributed by atoms with Crippen LogP contribution in [0.2, 0.25) is 0 Å². The molecule has 3 heterocycles. The van der Waals surface area contributed by atoms with Crippen molar-refractivity contribution in [1.82, 2.24) is 9.80 Å². The molecule has 9 heteroatoms. The zero-order chi connectivity index (χ0) is 32.6. The van der Waals surface area contributed by atoms with Gasteiger partial charge >= 0.3 is 0 Å². The quantitative estimate of drug-likeness (QED) is 0.234. The van der Waals surface area contributed by atoms with Crippen LogP contribution in [0, 0.1) is 31.6 Å². The number of hydrogen-bond donors (Lipinski definition) is 1. The van der Waals surface area contributed by atoms with Gasteiger partial charge in [-0.1, -0.05) is 84.4 Å². The molecule has 3 saturated heterocycles. The van der Waals surface area contributed by atoms with Gasteiger partial charge < -0.3 is 19.8 Å². The second-order valence-electron chi connectivity index (χ2n) is 12.9. The molecule has 7 nitrogen and oxygen atoms in total. The number of likely N-dealkylation sites (tertiary alicyclic amines) is 1. The highest BCUT2D eigenvalue weighted by Gasteiger charge is 2.76. The van der Waals surface area contributed by atoms with Gasteiger partial charge in [-0.15, -0.1) is 24.9 Å². The van der Waals surface area contributed by atoms with Crippen LogP contribution in [-0.2, 0) is 20.9 Å². The average molecular weight is 695 g/mol. The molecule has 5 rings (SSSR count). The Hall–Kier alpha value is -2.88. The third-order valence-electron chi connectivity index (χ3n) is 9.67. The second kappa shape index (κ2) is 13.5. The van der Waals surface area contributed by atoms with E-state index < -0.39 is 28.7 Å². The van der Waals surface area contributed by atoms with Crippen LogP contribution >= 0.6 is 27.7 Å². The first-order chi connectivity index (χ1) is 21.5. The summed E-state index contributed by atoms with van der Waals surface area (Å²) in [5, 5.41) is 10.5. The number of amides is 3. The number of carbonyl (C=O) groups excluding carboxylic acids is 3. The van der Waals surface area contributed by atoms with Gasteiger partial charge in [-0.3, -0.25) is 14.4 Å². The fourth-order valence-electron chi connectivity index (χ4n) is 7.60. The molecule has 45 heavy (non-hydrogen) atoms. The maximum absolute atomic E-state index is 15.0. The molecule has 0 radical (unpaired) electrons. The predicted octanol–water partition coefficient (Wildman–Crippen LogP) is 5.52. The van der Waals surface area contributed by atoms with Crippen molar-refractivity contribution in [3.05, 3.63) is 90.5 Å². The average Bonchev–Trinajstić information content (AvgIpc) is 3.60. The summed E-state index contributed by atoms with van der Waals surface area (Å²) in [6, 6.07) is 14.4. The highest BCUT2D eigenvalue weighted by molar-refractivity contribution is 9.09.